The van der Waals surface area contributed by atoms with Crippen LogP contribution in [0.4, 0.5) is 11.6 Å². The molecular weight excluding hydrogens is 260 g/mol. The molecule has 0 radical (unpaired) electrons. The van der Waals surface area contributed by atoms with Crippen LogP contribution in [0.2, 0.25) is 0 Å². The summed E-state index contributed by atoms with van der Waals surface area (Å²) < 4.78 is 0. The van der Waals surface area contributed by atoms with Crippen molar-refractivity contribution in [2.24, 2.45) is 0 Å². The van der Waals surface area contributed by atoms with Gasteiger partial charge in [0.05, 0.1) is 0 Å². The zero-order valence-electron chi connectivity index (χ0n) is 13.7. The maximum absolute atomic E-state index is 4.66. The molecule has 0 atom stereocenters. The Bertz CT molecular complexity index is 575. The summed E-state index contributed by atoms with van der Waals surface area (Å²) in [5, 5.41) is 3.27. The van der Waals surface area contributed by atoms with Crippen LogP contribution < -0.4 is 5.32 Å². The van der Waals surface area contributed by atoms with Gasteiger partial charge in [0.15, 0.2) is 0 Å². The minimum Gasteiger partial charge on any atom is -0.324 e. The van der Waals surface area contributed by atoms with Crippen molar-refractivity contribution in [3.8, 4) is 0 Å². The van der Waals surface area contributed by atoms with E-state index in [0.717, 1.165) is 17.3 Å². The van der Waals surface area contributed by atoms with Crippen molar-refractivity contribution in [3.63, 3.8) is 0 Å². The Kier molecular flexibility index (Phi) is 3.99. The summed E-state index contributed by atoms with van der Waals surface area (Å²) in [5.74, 6) is 2.22. The van der Waals surface area contributed by atoms with Crippen LogP contribution in [-0.2, 0) is 10.8 Å². The Hall–Kier alpha value is -1.97. The minimum absolute atomic E-state index is 0.115. The molecule has 0 fully saturated rings. The van der Waals surface area contributed by atoms with Gasteiger partial charge >= 0.3 is 0 Å². The highest BCUT2D eigenvalue weighted by atomic mass is 15.2. The molecule has 0 unspecified atom stereocenters. The molecule has 0 saturated carbocycles. The van der Waals surface area contributed by atoms with Gasteiger partial charge in [-0.3, -0.25) is 0 Å². The summed E-state index contributed by atoms with van der Waals surface area (Å²) >= 11 is 0. The third-order valence-corrected chi connectivity index (χ3v) is 3.01. The van der Waals surface area contributed by atoms with Gasteiger partial charge in [0, 0.05) is 16.5 Å². The smallest absolute Gasteiger partial charge is 0.230 e. The molecule has 1 aromatic carbocycles. The van der Waals surface area contributed by atoms with Crippen LogP contribution in [0.15, 0.2) is 30.3 Å². The number of para-hydroxylation sites is 1. The molecule has 0 aliphatic heterocycles. The molecule has 0 aliphatic rings. The van der Waals surface area contributed by atoms with Gasteiger partial charge in [0.25, 0.3) is 0 Å². The number of benzene rings is 1. The van der Waals surface area contributed by atoms with Gasteiger partial charge in [0.1, 0.15) is 11.6 Å². The van der Waals surface area contributed by atoms with Crippen LogP contribution >= 0.6 is 0 Å². The monoisotopic (exact) mass is 284 g/mol. The number of aromatic nitrogens is 3. The summed E-state index contributed by atoms with van der Waals surface area (Å²) in [4.78, 5) is 13.8. The number of hydrogen-bond acceptors (Lipinski definition) is 4. The first-order chi connectivity index (χ1) is 9.66. The molecule has 2 aromatic rings. The van der Waals surface area contributed by atoms with Crippen LogP contribution in [-0.4, -0.2) is 15.0 Å². The average Bonchev–Trinajstić information content (AvgIpc) is 2.37. The zero-order valence-corrected chi connectivity index (χ0v) is 13.7. The second-order valence-corrected chi connectivity index (χ2v) is 7.30. The Labute approximate surface area is 127 Å². The van der Waals surface area contributed by atoms with Crippen molar-refractivity contribution in [3.05, 3.63) is 42.0 Å². The lowest BCUT2D eigenvalue weighted by atomic mass is 9.93. The van der Waals surface area contributed by atoms with Crippen molar-refractivity contribution in [1.29, 1.82) is 0 Å². The van der Waals surface area contributed by atoms with Crippen LogP contribution in [0.1, 0.15) is 53.2 Å². The second-order valence-electron chi connectivity index (χ2n) is 7.30. The number of nitrogens with zero attached hydrogens (tertiary/aromatic N) is 3. The molecule has 0 bridgehead atoms. The van der Waals surface area contributed by atoms with E-state index in [9.17, 15) is 0 Å². The predicted octanol–water partition coefficient (Wildman–Crippen LogP) is 4.21. The topological polar surface area (TPSA) is 50.7 Å². The van der Waals surface area contributed by atoms with Crippen LogP contribution in [0.25, 0.3) is 0 Å². The standard InChI is InChI=1S/C17H24N4/c1-16(2,3)13-19-14(17(4,5)6)21-15(20-13)18-12-10-8-7-9-11-12/h7-11H,1-6H3,(H,18,19,20,21). The van der Waals surface area contributed by atoms with E-state index in [4.69, 9.17) is 0 Å². The van der Waals surface area contributed by atoms with Gasteiger partial charge in [-0.2, -0.15) is 9.97 Å². The van der Waals surface area contributed by atoms with Gasteiger partial charge in [-0.1, -0.05) is 59.7 Å². The Morgan fingerprint density at radius 2 is 1.19 bits per heavy atom. The first-order valence-corrected chi connectivity index (χ1v) is 7.25. The molecule has 4 nitrogen and oxygen atoms in total. The molecule has 2 rings (SSSR count). The SMILES string of the molecule is CC(C)(C)c1nc(Nc2ccccc2)nc(C(C)(C)C)n1. The summed E-state index contributed by atoms with van der Waals surface area (Å²) in [5.41, 5.74) is 0.745. The van der Waals surface area contributed by atoms with Gasteiger partial charge in [-0.05, 0) is 12.1 Å². The maximum atomic E-state index is 4.66. The molecule has 21 heavy (non-hydrogen) atoms. The van der Waals surface area contributed by atoms with E-state index in [1.165, 1.54) is 0 Å². The Morgan fingerprint density at radius 1 is 0.714 bits per heavy atom. The molecule has 1 heterocycles. The van der Waals surface area contributed by atoms with Gasteiger partial charge in [-0.15, -0.1) is 0 Å². The second kappa shape index (κ2) is 5.43. The van der Waals surface area contributed by atoms with Gasteiger partial charge in [0.2, 0.25) is 5.95 Å². The van der Waals surface area contributed by atoms with E-state index in [1.54, 1.807) is 0 Å². The molecule has 0 spiro atoms. The average molecular weight is 284 g/mol. The first-order valence-electron chi connectivity index (χ1n) is 7.25. The van der Waals surface area contributed by atoms with E-state index in [0.29, 0.717) is 5.95 Å². The van der Waals surface area contributed by atoms with E-state index in [2.05, 4.69) is 61.8 Å². The molecule has 4 heteroatoms. The van der Waals surface area contributed by atoms with E-state index >= 15 is 0 Å². The maximum Gasteiger partial charge on any atom is 0.230 e. The van der Waals surface area contributed by atoms with Gasteiger partial charge < -0.3 is 5.32 Å². The third kappa shape index (κ3) is 4.00. The Morgan fingerprint density at radius 3 is 1.62 bits per heavy atom. The zero-order chi connectivity index (χ0) is 15.7. The molecule has 0 saturated heterocycles. The number of hydrogen-bond donors (Lipinski definition) is 1. The number of rotatable bonds is 2. The fourth-order valence-corrected chi connectivity index (χ4v) is 1.75. The van der Waals surface area contributed by atoms with Crippen molar-refractivity contribution in [2.75, 3.05) is 5.32 Å². The van der Waals surface area contributed by atoms with E-state index in [-0.39, 0.29) is 10.8 Å². The quantitative estimate of drug-likeness (QED) is 0.897. The summed E-state index contributed by atoms with van der Waals surface area (Å²) in [6.45, 7) is 12.7. The van der Waals surface area contributed by atoms with Crippen molar-refractivity contribution in [2.45, 2.75) is 52.4 Å². The molecule has 0 aliphatic carbocycles. The molecule has 112 valence electrons. The van der Waals surface area contributed by atoms with Crippen molar-refractivity contribution < 1.29 is 0 Å². The van der Waals surface area contributed by atoms with E-state index < -0.39 is 0 Å². The predicted molar refractivity (Wildman–Crippen MR) is 87.0 cm³/mol. The molecule has 0 amide bonds. The summed E-state index contributed by atoms with van der Waals surface area (Å²) in [6, 6.07) is 9.95. The van der Waals surface area contributed by atoms with E-state index in [1.807, 2.05) is 30.3 Å². The fraction of sp³-hybridized carbons (Fsp3) is 0.471. The Balaban J connectivity index is 2.45. The lowest BCUT2D eigenvalue weighted by Crippen LogP contribution is -2.24. The molecular formula is C17H24N4. The highest BCUT2D eigenvalue weighted by molar-refractivity contribution is 5.52. The highest BCUT2D eigenvalue weighted by Crippen LogP contribution is 2.25. The van der Waals surface area contributed by atoms with Crippen molar-refractivity contribution in [1.82, 2.24) is 15.0 Å². The molecule has 1 N–H and O–H groups in total. The number of anilines is 2. The summed E-state index contributed by atoms with van der Waals surface area (Å²) in [6.07, 6.45) is 0. The minimum atomic E-state index is -0.115. The highest BCUT2D eigenvalue weighted by Gasteiger charge is 2.24. The van der Waals surface area contributed by atoms with Crippen LogP contribution in [0.5, 0.6) is 0 Å². The van der Waals surface area contributed by atoms with Crippen LogP contribution in [0.3, 0.4) is 0 Å². The lowest BCUT2D eigenvalue weighted by molar-refractivity contribution is 0.498. The van der Waals surface area contributed by atoms with Gasteiger partial charge in [-0.25, -0.2) is 4.98 Å². The van der Waals surface area contributed by atoms with Crippen molar-refractivity contribution >= 4 is 11.6 Å². The molecule has 1 aromatic heterocycles. The lowest BCUT2D eigenvalue weighted by Gasteiger charge is -2.22. The largest absolute Gasteiger partial charge is 0.324 e. The normalized spacial score (nSPS) is 12.3. The first kappa shape index (κ1) is 15.4. The third-order valence-electron chi connectivity index (χ3n) is 3.01. The number of nitrogens with one attached hydrogen (secondary N) is 1. The van der Waals surface area contributed by atoms with Crippen LogP contribution in [0, 0.1) is 0 Å². The summed E-state index contributed by atoms with van der Waals surface area (Å²) in [7, 11) is 0. The fourth-order valence-electron chi connectivity index (χ4n) is 1.75.